The van der Waals surface area contributed by atoms with E-state index < -0.39 is 10.4 Å². The van der Waals surface area contributed by atoms with Crippen LogP contribution in [0.3, 0.4) is 0 Å². The zero-order chi connectivity index (χ0) is 8.62. The maximum atomic E-state index is 8.52. The molecule has 5 nitrogen and oxygen atoms in total. The first-order valence-electron chi connectivity index (χ1n) is 2.69. The first-order chi connectivity index (χ1) is 4.41. The SMILES string of the molecule is CCCCO.O=S(=O)([O-])[O-].[Na+].[Na+]. The summed E-state index contributed by atoms with van der Waals surface area (Å²) in [4.78, 5) is 0. The summed E-state index contributed by atoms with van der Waals surface area (Å²) in [5.74, 6) is 0. The molecular formula is C4H10Na2O5S. The Labute approximate surface area is 117 Å². The van der Waals surface area contributed by atoms with Crippen molar-refractivity contribution in [3.05, 3.63) is 0 Å². The van der Waals surface area contributed by atoms with Gasteiger partial charge in [-0.25, -0.2) is 0 Å². The van der Waals surface area contributed by atoms with Gasteiger partial charge in [0.15, 0.2) is 0 Å². The van der Waals surface area contributed by atoms with Gasteiger partial charge in [0.05, 0.1) is 0 Å². The molecule has 1 N–H and O–H groups in total. The van der Waals surface area contributed by atoms with Crippen LogP contribution in [0.15, 0.2) is 0 Å². The van der Waals surface area contributed by atoms with E-state index in [9.17, 15) is 0 Å². The Morgan fingerprint density at radius 2 is 1.50 bits per heavy atom. The van der Waals surface area contributed by atoms with E-state index in [4.69, 9.17) is 22.6 Å². The molecule has 0 bridgehead atoms. The first-order valence-corrected chi connectivity index (χ1v) is 4.02. The van der Waals surface area contributed by atoms with Gasteiger partial charge in [-0.2, -0.15) is 0 Å². The minimum Gasteiger partial charge on any atom is -0.759 e. The normalized spacial score (nSPS) is 8.33. The van der Waals surface area contributed by atoms with Crippen LogP contribution in [0.5, 0.6) is 0 Å². The molecule has 0 atom stereocenters. The van der Waals surface area contributed by atoms with E-state index in [2.05, 4.69) is 6.92 Å². The minimum absolute atomic E-state index is 0. The zero-order valence-electron chi connectivity index (χ0n) is 7.61. The quantitative estimate of drug-likeness (QED) is 0.281. The standard InChI is InChI=1S/C4H10O.2Na.H2O4S/c1-2-3-4-5;;;1-5(2,3)4/h5H,2-4H2,1H3;;;(H2,1,2,3,4)/q;2*+1;/p-2. The number of aliphatic hydroxyl groups excluding tert-OH is 1. The van der Waals surface area contributed by atoms with E-state index in [-0.39, 0.29) is 59.1 Å². The van der Waals surface area contributed by atoms with Gasteiger partial charge in [0.25, 0.3) is 0 Å². The van der Waals surface area contributed by atoms with Crippen LogP contribution in [0.1, 0.15) is 19.8 Å². The molecule has 0 radical (unpaired) electrons. The molecule has 64 valence electrons. The second kappa shape index (κ2) is 15.3. The smallest absolute Gasteiger partial charge is 0.759 e. The molecule has 0 rings (SSSR count). The number of hydrogen-bond donors (Lipinski definition) is 1. The molecular weight excluding hydrogens is 206 g/mol. The molecule has 0 heterocycles. The molecule has 0 fully saturated rings. The number of aliphatic hydroxyl groups is 1. The zero-order valence-corrected chi connectivity index (χ0v) is 12.4. The van der Waals surface area contributed by atoms with Gasteiger partial charge in [-0.15, -0.1) is 0 Å². The molecule has 0 aromatic rings. The molecule has 0 aliphatic carbocycles. The van der Waals surface area contributed by atoms with Crippen LogP contribution in [-0.4, -0.2) is 29.2 Å². The molecule has 0 aliphatic heterocycles. The molecule has 0 amide bonds. The summed E-state index contributed by atoms with van der Waals surface area (Å²) in [5.41, 5.74) is 0. The first kappa shape index (κ1) is 23.6. The predicted molar refractivity (Wildman–Crippen MR) is 32.5 cm³/mol. The van der Waals surface area contributed by atoms with Gasteiger partial charge < -0.3 is 14.2 Å². The van der Waals surface area contributed by atoms with Gasteiger partial charge in [0.1, 0.15) is 0 Å². The van der Waals surface area contributed by atoms with Crippen molar-refractivity contribution in [2.45, 2.75) is 19.8 Å². The van der Waals surface area contributed by atoms with Gasteiger partial charge >= 0.3 is 59.1 Å². The molecule has 0 unspecified atom stereocenters. The second-order valence-corrected chi connectivity index (χ2v) is 2.30. The van der Waals surface area contributed by atoms with E-state index in [1.165, 1.54) is 0 Å². The molecule has 0 saturated carbocycles. The van der Waals surface area contributed by atoms with Gasteiger partial charge in [0, 0.05) is 17.0 Å². The summed E-state index contributed by atoms with van der Waals surface area (Å²) in [5, 5.41) is 8.07. The minimum atomic E-state index is -5.17. The van der Waals surface area contributed by atoms with Gasteiger partial charge in [-0.05, 0) is 6.42 Å². The summed E-state index contributed by atoms with van der Waals surface area (Å²) in [7, 11) is -5.17. The summed E-state index contributed by atoms with van der Waals surface area (Å²) >= 11 is 0. The van der Waals surface area contributed by atoms with E-state index in [0.29, 0.717) is 6.61 Å². The Bertz CT molecular complexity index is 136. The third kappa shape index (κ3) is 94.6. The van der Waals surface area contributed by atoms with Crippen LogP contribution in [0.25, 0.3) is 0 Å². The van der Waals surface area contributed by atoms with E-state index in [0.717, 1.165) is 12.8 Å². The molecule has 0 aromatic heterocycles. The second-order valence-electron chi connectivity index (χ2n) is 1.49. The Morgan fingerprint density at radius 3 is 1.50 bits per heavy atom. The topological polar surface area (TPSA) is 100 Å². The predicted octanol–water partition coefficient (Wildman–Crippen LogP) is -6.55. The number of unbranched alkanes of at least 4 members (excludes halogenated alkanes) is 1. The van der Waals surface area contributed by atoms with Crippen molar-refractivity contribution in [1.29, 1.82) is 0 Å². The average Bonchev–Trinajstić information content (AvgIpc) is 1.63. The van der Waals surface area contributed by atoms with Crippen LogP contribution in [0, 0.1) is 0 Å². The maximum absolute atomic E-state index is 8.52. The molecule has 8 heteroatoms. The largest absolute Gasteiger partial charge is 1.00 e. The third-order valence-corrected chi connectivity index (χ3v) is 0.512. The van der Waals surface area contributed by atoms with Crippen molar-refractivity contribution in [3.8, 4) is 0 Å². The fraction of sp³-hybridized carbons (Fsp3) is 1.00. The van der Waals surface area contributed by atoms with Gasteiger partial charge in [0.2, 0.25) is 0 Å². The molecule has 12 heavy (non-hydrogen) atoms. The Kier molecular flexibility index (Phi) is 30.1. The molecule has 0 aliphatic rings. The van der Waals surface area contributed by atoms with Crippen molar-refractivity contribution in [3.63, 3.8) is 0 Å². The molecule has 0 spiro atoms. The van der Waals surface area contributed by atoms with Gasteiger partial charge in [-0.3, -0.25) is 8.42 Å². The monoisotopic (exact) mass is 216 g/mol. The fourth-order valence-corrected chi connectivity index (χ4v) is 0.158. The summed E-state index contributed by atoms with van der Waals surface area (Å²) in [6, 6.07) is 0. The summed E-state index contributed by atoms with van der Waals surface area (Å²) < 4.78 is 34.1. The maximum Gasteiger partial charge on any atom is 1.00 e. The Hall–Kier alpha value is 1.83. The van der Waals surface area contributed by atoms with E-state index in [1.54, 1.807) is 0 Å². The van der Waals surface area contributed by atoms with Crippen LogP contribution >= 0.6 is 0 Å². The van der Waals surface area contributed by atoms with E-state index >= 15 is 0 Å². The van der Waals surface area contributed by atoms with Crippen LogP contribution in [0.4, 0.5) is 0 Å². The summed E-state index contributed by atoms with van der Waals surface area (Å²) in [6.45, 7) is 2.40. The Balaban J connectivity index is -0.0000000457. The number of hydrogen-bond acceptors (Lipinski definition) is 5. The third-order valence-electron chi connectivity index (χ3n) is 0.512. The van der Waals surface area contributed by atoms with Crippen LogP contribution in [0.2, 0.25) is 0 Å². The Morgan fingerprint density at radius 1 is 1.25 bits per heavy atom. The van der Waals surface area contributed by atoms with Crippen molar-refractivity contribution in [1.82, 2.24) is 0 Å². The summed E-state index contributed by atoms with van der Waals surface area (Å²) in [6.07, 6.45) is 2.04. The van der Waals surface area contributed by atoms with Crippen molar-refractivity contribution in [2.24, 2.45) is 0 Å². The molecule has 0 aromatic carbocycles. The van der Waals surface area contributed by atoms with Gasteiger partial charge in [-0.1, -0.05) is 13.3 Å². The van der Waals surface area contributed by atoms with Crippen molar-refractivity contribution in [2.75, 3.05) is 6.61 Å². The van der Waals surface area contributed by atoms with E-state index in [1.807, 2.05) is 0 Å². The van der Waals surface area contributed by atoms with Crippen molar-refractivity contribution < 1.29 is 81.7 Å². The van der Waals surface area contributed by atoms with Crippen molar-refractivity contribution >= 4 is 10.4 Å². The van der Waals surface area contributed by atoms with Crippen LogP contribution < -0.4 is 59.1 Å². The fourth-order valence-electron chi connectivity index (χ4n) is 0.158. The van der Waals surface area contributed by atoms with Crippen LogP contribution in [-0.2, 0) is 10.4 Å². The average molecular weight is 216 g/mol. The molecule has 0 saturated heterocycles. The number of rotatable bonds is 2.